The maximum Gasteiger partial charge on any atom is 0.336 e. The van der Waals surface area contributed by atoms with Gasteiger partial charge in [0.25, 0.3) is 0 Å². The van der Waals surface area contributed by atoms with Crippen LogP contribution in [-0.2, 0) is 0 Å². The summed E-state index contributed by atoms with van der Waals surface area (Å²) in [5, 5.41) is 13.5. The second kappa shape index (κ2) is 4.68. The standard InChI is InChI=1S/C15H10FNO2S/c1-8-4-10(16)5-11-12(15(18)19)6-13(17-14(8)11)9-2-3-20-7-9/h2-7H,1H3,(H,18,19). The molecule has 0 aliphatic heterocycles. The molecular formula is C15H10FNO2S. The molecule has 0 saturated carbocycles. The lowest BCUT2D eigenvalue weighted by Crippen LogP contribution is -2.01. The van der Waals surface area contributed by atoms with Crippen molar-refractivity contribution in [1.82, 2.24) is 4.98 Å². The highest BCUT2D eigenvalue weighted by atomic mass is 32.1. The van der Waals surface area contributed by atoms with Gasteiger partial charge in [-0.2, -0.15) is 11.3 Å². The summed E-state index contributed by atoms with van der Waals surface area (Å²) in [4.78, 5) is 15.9. The van der Waals surface area contributed by atoms with Gasteiger partial charge in [0.1, 0.15) is 5.82 Å². The van der Waals surface area contributed by atoms with Gasteiger partial charge in [-0.25, -0.2) is 14.2 Å². The van der Waals surface area contributed by atoms with Crippen molar-refractivity contribution in [2.45, 2.75) is 6.92 Å². The molecule has 2 aromatic heterocycles. The molecule has 0 atom stereocenters. The summed E-state index contributed by atoms with van der Waals surface area (Å²) in [6.07, 6.45) is 0. The van der Waals surface area contributed by atoms with E-state index in [2.05, 4.69) is 4.98 Å². The molecule has 2 heterocycles. The molecule has 0 fully saturated rings. The van der Waals surface area contributed by atoms with Crippen LogP contribution in [0.15, 0.2) is 35.0 Å². The van der Waals surface area contributed by atoms with Crippen LogP contribution in [0.1, 0.15) is 15.9 Å². The summed E-state index contributed by atoms with van der Waals surface area (Å²) >= 11 is 1.51. The van der Waals surface area contributed by atoms with E-state index in [1.165, 1.54) is 29.5 Å². The Morgan fingerprint density at radius 3 is 2.80 bits per heavy atom. The molecule has 3 nitrogen and oxygen atoms in total. The fourth-order valence-electron chi connectivity index (χ4n) is 2.19. The van der Waals surface area contributed by atoms with Gasteiger partial charge >= 0.3 is 5.97 Å². The molecule has 0 saturated heterocycles. The summed E-state index contributed by atoms with van der Waals surface area (Å²) in [7, 11) is 0. The van der Waals surface area contributed by atoms with Crippen LogP contribution in [0.25, 0.3) is 22.2 Å². The zero-order valence-corrected chi connectivity index (χ0v) is 11.4. The first-order valence-corrected chi connectivity index (χ1v) is 6.87. The van der Waals surface area contributed by atoms with Gasteiger partial charge in [-0.3, -0.25) is 0 Å². The van der Waals surface area contributed by atoms with Gasteiger partial charge in [-0.15, -0.1) is 0 Å². The smallest absolute Gasteiger partial charge is 0.336 e. The van der Waals surface area contributed by atoms with Crippen molar-refractivity contribution in [1.29, 1.82) is 0 Å². The lowest BCUT2D eigenvalue weighted by atomic mass is 10.0. The lowest BCUT2D eigenvalue weighted by Gasteiger charge is -2.08. The van der Waals surface area contributed by atoms with E-state index in [1.54, 1.807) is 6.92 Å². The van der Waals surface area contributed by atoms with E-state index in [1.807, 2.05) is 16.8 Å². The summed E-state index contributed by atoms with van der Waals surface area (Å²) in [6, 6.07) is 5.95. The number of benzene rings is 1. The summed E-state index contributed by atoms with van der Waals surface area (Å²) in [5.74, 6) is -1.54. The number of aromatic carboxylic acids is 1. The Morgan fingerprint density at radius 1 is 1.35 bits per heavy atom. The Kier molecular flexibility index (Phi) is 2.99. The number of halogens is 1. The number of aromatic nitrogens is 1. The van der Waals surface area contributed by atoms with Crippen LogP contribution in [0, 0.1) is 12.7 Å². The SMILES string of the molecule is Cc1cc(F)cc2c(C(=O)O)cc(-c3ccsc3)nc12. The molecule has 0 bridgehead atoms. The Balaban J connectivity index is 2.40. The van der Waals surface area contributed by atoms with Gasteiger partial charge in [-0.1, -0.05) is 0 Å². The monoisotopic (exact) mass is 287 g/mol. The van der Waals surface area contributed by atoms with Crippen molar-refractivity contribution < 1.29 is 14.3 Å². The molecule has 0 radical (unpaired) electrons. The average molecular weight is 287 g/mol. The average Bonchev–Trinajstić information content (AvgIpc) is 2.91. The van der Waals surface area contributed by atoms with E-state index >= 15 is 0 Å². The van der Waals surface area contributed by atoms with Gasteiger partial charge in [0.15, 0.2) is 0 Å². The second-order valence-corrected chi connectivity index (χ2v) is 5.27. The molecule has 0 unspecified atom stereocenters. The first kappa shape index (κ1) is 12.7. The van der Waals surface area contributed by atoms with Crippen molar-refractivity contribution in [3.8, 4) is 11.3 Å². The maximum absolute atomic E-state index is 13.5. The topological polar surface area (TPSA) is 50.2 Å². The molecule has 3 aromatic rings. The summed E-state index contributed by atoms with van der Waals surface area (Å²) in [5.41, 5.74) is 2.67. The van der Waals surface area contributed by atoms with E-state index in [9.17, 15) is 14.3 Å². The molecule has 0 amide bonds. The highest BCUT2D eigenvalue weighted by Crippen LogP contribution is 2.28. The molecule has 1 N–H and O–H groups in total. The zero-order chi connectivity index (χ0) is 14.3. The molecule has 1 aromatic carbocycles. The first-order chi connectivity index (χ1) is 9.56. The molecule has 0 aliphatic carbocycles. The molecule has 20 heavy (non-hydrogen) atoms. The minimum Gasteiger partial charge on any atom is -0.478 e. The predicted octanol–water partition coefficient (Wildman–Crippen LogP) is 4.11. The van der Waals surface area contributed by atoms with Crippen molar-refractivity contribution in [2.75, 3.05) is 0 Å². The van der Waals surface area contributed by atoms with Crippen LogP contribution in [0.4, 0.5) is 4.39 Å². The number of hydrogen-bond donors (Lipinski definition) is 1. The largest absolute Gasteiger partial charge is 0.478 e. The van der Waals surface area contributed by atoms with Crippen molar-refractivity contribution in [2.24, 2.45) is 0 Å². The summed E-state index contributed by atoms with van der Waals surface area (Å²) in [6.45, 7) is 1.72. The number of carbonyl (C=O) groups is 1. The summed E-state index contributed by atoms with van der Waals surface area (Å²) < 4.78 is 13.5. The Hall–Kier alpha value is -2.27. The van der Waals surface area contributed by atoms with Crippen molar-refractivity contribution in [3.05, 3.63) is 52.0 Å². The third kappa shape index (κ3) is 2.06. The van der Waals surface area contributed by atoms with E-state index in [0.717, 1.165) is 5.56 Å². The number of aryl methyl sites for hydroxylation is 1. The third-order valence-electron chi connectivity index (χ3n) is 3.12. The zero-order valence-electron chi connectivity index (χ0n) is 10.6. The van der Waals surface area contributed by atoms with Crippen molar-refractivity contribution in [3.63, 3.8) is 0 Å². The van der Waals surface area contributed by atoms with Gasteiger partial charge < -0.3 is 5.11 Å². The van der Waals surface area contributed by atoms with Gasteiger partial charge in [-0.05, 0) is 42.1 Å². The fourth-order valence-corrected chi connectivity index (χ4v) is 2.84. The van der Waals surface area contributed by atoms with E-state index in [0.29, 0.717) is 22.2 Å². The normalized spacial score (nSPS) is 10.9. The number of pyridine rings is 1. The van der Waals surface area contributed by atoms with Gasteiger partial charge in [0.2, 0.25) is 0 Å². The van der Waals surface area contributed by atoms with Crippen LogP contribution in [0.3, 0.4) is 0 Å². The quantitative estimate of drug-likeness (QED) is 0.771. The molecule has 0 spiro atoms. The van der Waals surface area contributed by atoms with E-state index in [-0.39, 0.29) is 5.56 Å². The maximum atomic E-state index is 13.5. The Labute approximate surface area is 118 Å². The number of hydrogen-bond acceptors (Lipinski definition) is 3. The van der Waals surface area contributed by atoms with Gasteiger partial charge in [0.05, 0.1) is 16.8 Å². The number of nitrogens with zero attached hydrogens (tertiary/aromatic N) is 1. The van der Waals surface area contributed by atoms with E-state index < -0.39 is 11.8 Å². The van der Waals surface area contributed by atoms with Crippen LogP contribution >= 0.6 is 11.3 Å². The Bertz CT molecular complexity index is 812. The van der Waals surface area contributed by atoms with Crippen LogP contribution in [-0.4, -0.2) is 16.1 Å². The molecular weight excluding hydrogens is 277 g/mol. The molecule has 100 valence electrons. The van der Waals surface area contributed by atoms with Crippen LogP contribution in [0.2, 0.25) is 0 Å². The number of carboxylic acid groups (broad SMARTS) is 1. The first-order valence-electron chi connectivity index (χ1n) is 5.93. The highest BCUT2D eigenvalue weighted by molar-refractivity contribution is 7.08. The predicted molar refractivity (Wildman–Crippen MR) is 76.7 cm³/mol. The van der Waals surface area contributed by atoms with E-state index in [4.69, 9.17) is 0 Å². The number of thiophene rings is 1. The number of fused-ring (bicyclic) bond motifs is 1. The minimum absolute atomic E-state index is 0.0683. The highest BCUT2D eigenvalue weighted by Gasteiger charge is 2.15. The lowest BCUT2D eigenvalue weighted by molar-refractivity contribution is 0.0699. The van der Waals surface area contributed by atoms with Gasteiger partial charge in [0, 0.05) is 16.3 Å². The van der Waals surface area contributed by atoms with Crippen molar-refractivity contribution >= 4 is 28.2 Å². The third-order valence-corrected chi connectivity index (χ3v) is 3.80. The molecule has 0 aliphatic rings. The number of carboxylic acids is 1. The molecule has 3 rings (SSSR count). The number of rotatable bonds is 2. The second-order valence-electron chi connectivity index (χ2n) is 4.49. The fraction of sp³-hybridized carbons (Fsp3) is 0.0667. The Morgan fingerprint density at radius 2 is 2.15 bits per heavy atom. The van der Waals surface area contributed by atoms with Crippen LogP contribution in [0.5, 0.6) is 0 Å². The van der Waals surface area contributed by atoms with Crippen LogP contribution < -0.4 is 0 Å². The molecule has 5 heteroatoms. The minimum atomic E-state index is -1.08.